The number of methoxy groups -OCH3 is 1. The highest BCUT2D eigenvalue weighted by atomic mass is 16.5. The van der Waals surface area contributed by atoms with Gasteiger partial charge < -0.3 is 14.7 Å². The molecule has 1 aromatic rings. The molecule has 0 aromatic carbocycles. The van der Waals surface area contributed by atoms with Gasteiger partial charge in [0.2, 0.25) is 0 Å². The summed E-state index contributed by atoms with van der Waals surface area (Å²) in [6.45, 7) is 4.14. The van der Waals surface area contributed by atoms with Gasteiger partial charge in [-0.3, -0.25) is 9.78 Å². The molecule has 0 saturated heterocycles. The van der Waals surface area contributed by atoms with Crippen LogP contribution in [0.25, 0.3) is 0 Å². The van der Waals surface area contributed by atoms with Gasteiger partial charge in [-0.15, -0.1) is 0 Å². The Kier molecular flexibility index (Phi) is 4.61. The molecule has 6 heteroatoms. The number of carboxylic acid groups (broad SMARTS) is 1. The second kappa shape index (κ2) is 5.79. The first-order chi connectivity index (χ1) is 8.79. The first-order valence-corrected chi connectivity index (χ1v) is 5.76. The molecule has 0 aliphatic carbocycles. The standard InChI is InChI=1S/C13H18N2O4/c1-13(2,8-19-4)15(3)11(16)10-6-5-9(7-14-10)12(17)18/h5-7H,8H2,1-4H3,(H,17,18). The smallest absolute Gasteiger partial charge is 0.337 e. The van der Waals surface area contributed by atoms with Crippen LogP contribution in [0.4, 0.5) is 0 Å². The second-order valence-corrected chi connectivity index (χ2v) is 4.85. The van der Waals surface area contributed by atoms with E-state index in [2.05, 4.69) is 4.98 Å². The molecule has 0 aliphatic rings. The number of pyridine rings is 1. The van der Waals surface area contributed by atoms with Gasteiger partial charge in [-0.25, -0.2) is 4.79 Å². The van der Waals surface area contributed by atoms with E-state index < -0.39 is 11.5 Å². The van der Waals surface area contributed by atoms with Crippen LogP contribution in [0, 0.1) is 0 Å². The van der Waals surface area contributed by atoms with E-state index in [4.69, 9.17) is 9.84 Å². The summed E-state index contributed by atoms with van der Waals surface area (Å²) in [5, 5.41) is 8.77. The number of ether oxygens (including phenoxy) is 1. The summed E-state index contributed by atoms with van der Waals surface area (Å²) in [6, 6.07) is 2.77. The van der Waals surface area contributed by atoms with E-state index in [0.29, 0.717) is 6.61 Å². The van der Waals surface area contributed by atoms with Crippen molar-refractivity contribution in [2.75, 3.05) is 20.8 Å². The average Bonchev–Trinajstić information content (AvgIpc) is 2.37. The minimum atomic E-state index is -1.07. The normalized spacial score (nSPS) is 11.2. The van der Waals surface area contributed by atoms with Gasteiger partial charge in [0.05, 0.1) is 17.7 Å². The zero-order valence-corrected chi connectivity index (χ0v) is 11.5. The highest BCUT2D eigenvalue weighted by molar-refractivity contribution is 5.94. The number of amides is 1. The van der Waals surface area contributed by atoms with Crippen LogP contribution in [0.15, 0.2) is 18.3 Å². The average molecular weight is 266 g/mol. The Hall–Kier alpha value is -1.95. The van der Waals surface area contributed by atoms with Crippen molar-refractivity contribution in [3.63, 3.8) is 0 Å². The van der Waals surface area contributed by atoms with E-state index >= 15 is 0 Å². The van der Waals surface area contributed by atoms with E-state index in [9.17, 15) is 9.59 Å². The SMILES string of the molecule is COCC(C)(C)N(C)C(=O)c1ccc(C(=O)O)cn1. The Morgan fingerprint density at radius 2 is 2.05 bits per heavy atom. The number of aromatic nitrogens is 1. The lowest BCUT2D eigenvalue weighted by molar-refractivity contribution is 0.0361. The highest BCUT2D eigenvalue weighted by Gasteiger charge is 2.29. The predicted molar refractivity (Wildman–Crippen MR) is 69.2 cm³/mol. The Morgan fingerprint density at radius 3 is 2.47 bits per heavy atom. The monoisotopic (exact) mass is 266 g/mol. The van der Waals surface area contributed by atoms with Crippen molar-refractivity contribution in [1.29, 1.82) is 0 Å². The summed E-state index contributed by atoms with van der Waals surface area (Å²) in [5.74, 6) is -1.35. The number of carboxylic acids is 1. The third kappa shape index (κ3) is 3.51. The van der Waals surface area contributed by atoms with Gasteiger partial charge in [0.15, 0.2) is 0 Å². The fourth-order valence-electron chi connectivity index (χ4n) is 1.54. The Labute approximate surface area is 112 Å². The lowest BCUT2D eigenvalue weighted by atomic mass is 10.0. The molecule has 0 aliphatic heterocycles. The molecule has 0 unspecified atom stereocenters. The molecule has 1 heterocycles. The molecule has 19 heavy (non-hydrogen) atoms. The third-order valence-electron chi connectivity index (χ3n) is 2.94. The molecular formula is C13H18N2O4. The van der Waals surface area contributed by atoms with Crippen LogP contribution in [-0.4, -0.2) is 53.2 Å². The van der Waals surface area contributed by atoms with Crippen LogP contribution < -0.4 is 0 Å². The zero-order valence-electron chi connectivity index (χ0n) is 11.5. The molecule has 0 fully saturated rings. The number of carbonyl (C=O) groups is 2. The number of hydrogen-bond donors (Lipinski definition) is 1. The van der Waals surface area contributed by atoms with E-state index in [1.165, 1.54) is 23.2 Å². The van der Waals surface area contributed by atoms with E-state index in [-0.39, 0.29) is 17.2 Å². The maximum absolute atomic E-state index is 12.2. The van der Waals surface area contributed by atoms with Gasteiger partial charge >= 0.3 is 5.97 Å². The van der Waals surface area contributed by atoms with Crippen LogP contribution in [-0.2, 0) is 4.74 Å². The Morgan fingerprint density at radius 1 is 1.42 bits per heavy atom. The van der Waals surface area contributed by atoms with Crippen LogP contribution in [0.3, 0.4) is 0 Å². The van der Waals surface area contributed by atoms with Gasteiger partial charge in [-0.2, -0.15) is 0 Å². The summed E-state index contributed by atoms with van der Waals surface area (Å²) < 4.78 is 5.07. The summed E-state index contributed by atoms with van der Waals surface area (Å²) in [6.07, 6.45) is 1.17. The minimum absolute atomic E-state index is 0.0513. The predicted octanol–water partition coefficient (Wildman–Crippen LogP) is 1.28. The number of aromatic carboxylic acids is 1. The molecular weight excluding hydrogens is 248 g/mol. The maximum Gasteiger partial charge on any atom is 0.337 e. The molecule has 1 rings (SSSR count). The first kappa shape index (κ1) is 15.1. The topological polar surface area (TPSA) is 79.7 Å². The molecule has 0 radical (unpaired) electrons. The molecule has 1 amide bonds. The van der Waals surface area contributed by atoms with Crippen LogP contribution >= 0.6 is 0 Å². The number of likely N-dealkylation sites (N-methyl/N-ethyl adjacent to an activating group) is 1. The fourth-order valence-corrected chi connectivity index (χ4v) is 1.54. The van der Waals surface area contributed by atoms with Crippen LogP contribution in [0.5, 0.6) is 0 Å². The van der Waals surface area contributed by atoms with Crippen molar-refractivity contribution < 1.29 is 19.4 Å². The summed E-state index contributed by atoms with van der Waals surface area (Å²) in [4.78, 5) is 28.3. The van der Waals surface area contributed by atoms with Crippen molar-refractivity contribution in [3.05, 3.63) is 29.6 Å². The zero-order chi connectivity index (χ0) is 14.6. The number of nitrogens with zero attached hydrogens (tertiary/aromatic N) is 2. The first-order valence-electron chi connectivity index (χ1n) is 5.76. The highest BCUT2D eigenvalue weighted by Crippen LogP contribution is 2.15. The number of rotatable bonds is 5. The molecule has 0 saturated carbocycles. The maximum atomic E-state index is 12.2. The van der Waals surface area contributed by atoms with E-state index in [1.807, 2.05) is 13.8 Å². The van der Waals surface area contributed by atoms with Gasteiger partial charge in [0, 0.05) is 20.4 Å². The summed E-state index contributed by atoms with van der Waals surface area (Å²) in [7, 11) is 3.23. The number of carbonyl (C=O) groups excluding carboxylic acids is 1. The van der Waals surface area contributed by atoms with Crippen molar-refractivity contribution in [2.45, 2.75) is 19.4 Å². The van der Waals surface area contributed by atoms with E-state index in [1.54, 1.807) is 14.2 Å². The van der Waals surface area contributed by atoms with Gasteiger partial charge in [-0.1, -0.05) is 0 Å². The molecule has 0 atom stereocenters. The van der Waals surface area contributed by atoms with Gasteiger partial charge in [0.25, 0.3) is 5.91 Å². The quantitative estimate of drug-likeness (QED) is 0.868. The Balaban J connectivity index is 2.91. The van der Waals surface area contributed by atoms with Gasteiger partial charge in [0.1, 0.15) is 5.69 Å². The lowest BCUT2D eigenvalue weighted by Gasteiger charge is -2.34. The van der Waals surface area contributed by atoms with Crippen molar-refractivity contribution in [3.8, 4) is 0 Å². The largest absolute Gasteiger partial charge is 0.478 e. The molecule has 6 nitrogen and oxygen atoms in total. The lowest BCUT2D eigenvalue weighted by Crippen LogP contribution is -2.48. The summed E-state index contributed by atoms with van der Waals surface area (Å²) in [5.41, 5.74) is -0.217. The molecule has 1 N–H and O–H groups in total. The Bertz CT molecular complexity index is 468. The fraction of sp³-hybridized carbons (Fsp3) is 0.462. The second-order valence-electron chi connectivity index (χ2n) is 4.85. The van der Waals surface area contributed by atoms with Crippen molar-refractivity contribution in [2.24, 2.45) is 0 Å². The molecule has 104 valence electrons. The molecule has 1 aromatic heterocycles. The van der Waals surface area contributed by atoms with Crippen molar-refractivity contribution in [1.82, 2.24) is 9.88 Å². The number of hydrogen-bond acceptors (Lipinski definition) is 4. The van der Waals surface area contributed by atoms with E-state index in [0.717, 1.165) is 0 Å². The van der Waals surface area contributed by atoms with Crippen molar-refractivity contribution >= 4 is 11.9 Å². The molecule has 0 spiro atoms. The summed E-state index contributed by atoms with van der Waals surface area (Å²) >= 11 is 0. The van der Waals surface area contributed by atoms with Crippen LogP contribution in [0.1, 0.15) is 34.7 Å². The molecule has 0 bridgehead atoms. The third-order valence-corrected chi connectivity index (χ3v) is 2.94. The minimum Gasteiger partial charge on any atom is -0.478 e. The van der Waals surface area contributed by atoms with Gasteiger partial charge in [-0.05, 0) is 26.0 Å². The van der Waals surface area contributed by atoms with Crippen LogP contribution in [0.2, 0.25) is 0 Å².